The predicted octanol–water partition coefficient (Wildman–Crippen LogP) is 1.50. The molecular formula is C11H14BrN5. The van der Waals surface area contributed by atoms with E-state index in [1.54, 1.807) is 6.20 Å². The summed E-state index contributed by atoms with van der Waals surface area (Å²) in [7, 11) is 0. The lowest BCUT2D eigenvalue weighted by Gasteiger charge is -2.15. The van der Waals surface area contributed by atoms with Crippen LogP contribution in [0.25, 0.3) is 0 Å². The van der Waals surface area contributed by atoms with Gasteiger partial charge in [0, 0.05) is 10.0 Å². The molecule has 0 radical (unpaired) electrons. The van der Waals surface area contributed by atoms with Crippen LogP contribution in [-0.4, -0.2) is 10.2 Å². The zero-order chi connectivity index (χ0) is 12.3. The number of halogens is 1. The molecule has 5 nitrogen and oxygen atoms in total. The van der Waals surface area contributed by atoms with Crippen LogP contribution in [-0.2, 0) is 6.42 Å². The van der Waals surface area contributed by atoms with Crippen molar-refractivity contribution in [1.82, 2.24) is 15.6 Å². The first kappa shape index (κ1) is 12.1. The zero-order valence-electron chi connectivity index (χ0n) is 9.15. The summed E-state index contributed by atoms with van der Waals surface area (Å²) in [6, 6.07) is 8.05. The van der Waals surface area contributed by atoms with Crippen molar-refractivity contribution in [2.75, 3.05) is 5.73 Å². The molecule has 6 heteroatoms. The van der Waals surface area contributed by atoms with Crippen molar-refractivity contribution in [3.63, 3.8) is 0 Å². The maximum absolute atomic E-state index is 5.77. The van der Waals surface area contributed by atoms with Crippen LogP contribution >= 0.6 is 15.9 Å². The number of hydrogen-bond donors (Lipinski definition) is 4. The van der Waals surface area contributed by atoms with E-state index in [9.17, 15) is 0 Å². The molecule has 1 heterocycles. The normalized spacial score (nSPS) is 12.6. The summed E-state index contributed by atoms with van der Waals surface area (Å²) in [5.41, 5.74) is 10.6. The molecule has 1 unspecified atom stereocenters. The number of H-pyrrole nitrogens is 1. The molecule has 2 rings (SSSR count). The highest BCUT2D eigenvalue weighted by molar-refractivity contribution is 9.10. The first-order valence-corrected chi connectivity index (χ1v) is 5.99. The number of rotatable bonds is 4. The molecule has 0 aliphatic heterocycles. The smallest absolute Gasteiger partial charge is 0.123 e. The van der Waals surface area contributed by atoms with Crippen LogP contribution in [0, 0.1) is 0 Å². The summed E-state index contributed by atoms with van der Waals surface area (Å²) in [5.74, 6) is 6.10. The maximum Gasteiger partial charge on any atom is 0.123 e. The van der Waals surface area contributed by atoms with Crippen molar-refractivity contribution in [2.45, 2.75) is 12.5 Å². The van der Waals surface area contributed by atoms with Gasteiger partial charge in [0.15, 0.2) is 0 Å². The molecular weight excluding hydrogens is 282 g/mol. The highest BCUT2D eigenvalue weighted by Gasteiger charge is 2.14. The quantitative estimate of drug-likeness (QED) is 0.508. The van der Waals surface area contributed by atoms with Crippen LogP contribution in [0.5, 0.6) is 0 Å². The molecule has 0 spiro atoms. The Labute approximate surface area is 108 Å². The Morgan fingerprint density at radius 1 is 1.35 bits per heavy atom. The molecule has 0 fully saturated rings. The van der Waals surface area contributed by atoms with E-state index in [2.05, 4.69) is 31.6 Å². The monoisotopic (exact) mass is 295 g/mol. The van der Waals surface area contributed by atoms with Crippen LogP contribution in [0.4, 0.5) is 5.82 Å². The van der Waals surface area contributed by atoms with Gasteiger partial charge in [-0.1, -0.05) is 28.1 Å². The highest BCUT2D eigenvalue weighted by Crippen LogP contribution is 2.22. The van der Waals surface area contributed by atoms with Crippen LogP contribution < -0.4 is 17.0 Å². The van der Waals surface area contributed by atoms with Crippen molar-refractivity contribution in [2.24, 2.45) is 5.84 Å². The van der Waals surface area contributed by atoms with Crippen molar-refractivity contribution < 1.29 is 0 Å². The number of aromatic nitrogens is 2. The van der Waals surface area contributed by atoms with Gasteiger partial charge < -0.3 is 5.73 Å². The fourth-order valence-corrected chi connectivity index (χ4v) is 1.96. The number of nitrogens with one attached hydrogen (secondary N) is 2. The highest BCUT2D eigenvalue weighted by atomic mass is 79.9. The molecule has 1 aromatic carbocycles. The third-order valence-electron chi connectivity index (χ3n) is 2.63. The number of hydrogen-bond acceptors (Lipinski definition) is 4. The van der Waals surface area contributed by atoms with Gasteiger partial charge in [-0.05, 0) is 24.1 Å². The van der Waals surface area contributed by atoms with E-state index >= 15 is 0 Å². The Kier molecular flexibility index (Phi) is 3.78. The first-order chi connectivity index (χ1) is 8.20. The molecule has 0 bridgehead atoms. The lowest BCUT2D eigenvalue weighted by molar-refractivity contribution is 0.553. The zero-order valence-corrected chi connectivity index (χ0v) is 10.7. The van der Waals surface area contributed by atoms with Crippen molar-refractivity contribution in [3.8, 4) is 0 Å². The Morgan fingerprint density at radius 2 is 2.06 bits per heavy atom. The summed E-state index contributed by atoms with van der Waals surface area (Å²) in [6.45, 7) is 0. The van der Waals surface area contributed by atoms with Crippen LogP contribution in [0.3, 0.4) is 0 Å². The van der Waals surface area contributed by atoms with Gasteiger partial charge in [0.2, 0.25) is 0 Å². The van der Waals surface area contributed by atoms with Gasteiger partial charge in [0.1, 0.15) is 5.82 Å². The number of anilines is 1. The van der Waals surface area contributed by atoms with E-state index in [0.717, 1.165) is 16.5 Å². The Hall–Kier alpha value is -1.37. The van der Waals surface area contributed by atoms with Gasteiger partial charge >= 0.3 is 0 Å². The Bertz CT molecular complexity index is 479. The molecule has 1 aromatic heterocycles. The van der Waals surface area contributed by atoms with Crippen molar-refractivity contribution in [3.05, 3.63) is 46.1 Å². The molecule has 0 amide bonds. The van der Waals surface area contributed by atoms with Gasteiger partial charge in [0.25, 0.3) is 0 Å². The number of benzene rings is 1. The number of nitrogens with zero attached hydrogens (tertiary/aromatic N) is 1. The third kappa shape index (κ3) is 2.85. The second kappa shape index (κ2) is 5.31. The van der Waals surface area contributed by atoms with E-state index in [-0.39, 0.29) is 6.04 Å². The molecule has 0 saturated heterocycles. The average molecular weight is 296 g/mol. The molecule has 2 aromatic rings. The largest absolute Gasteiger partial charge is 0.384 e. The van der Waals surface area contributed by atoms with E-state index in [1.807, 2.05) is 24.3 Å². The van der Waals surface area contributed by atoms with Gasteiger partial charge in [-0.15, -0.1) is 0 Å². The minimum atomic E-state index is -0.0464. The lowest BCUT2D eigenvalue weighted by Crippen LogP contribution is -2.29. The summed E-state index contributed by atoms with van der Waals surface area (Å²) in [5, 5.41) is 6.60. The van der Waals surface area contributed by atoms with Gasteiger partial charge in [0.05, 0.1) is 12.2 Å². The fourth-order valence-electron chi connectivity index (χ4n) is 1.70. The van der Waals surface area contributed by atoms with Gasteiger partial charge in [-0.25, -0.2) is 0 Å². The number of nitrogens with two attached hydrogens (primary N) is 2. The van der Waals surface area contributed by atoms with E-state index in [1.165, 1.54) is 5.56 Å². The fraction of sp³-hybridized carbons (Fsp3) is 0.182. The molecule has 1 atom stereocenters. The second-order valence-corrected chi connectivity index (χ2v) is 4.70. The van der Waals surface area contributed by atoms with Crippen LogP contribution in [0.1, 0.15) is 17.2 Å². The average Bonchev–Trinajstić information content (AvgIpc) is 2.75. The second-order valence-electron chi connectivity index (χ2n) is 3.79. The predicted molar refractivity (Wildman–Crippen MR) is 70.9 cm³/mol. The summed E-state index contributed by atoms with van der Waals surface area (Å²) >= 11 is 3.40. The van der Waals surface area contributed by atoms with Crippen molar-refractivity contribution >= 4 is 21.7 Å². The molecule has 0 aliphatic rings. The summed E-state index contributed by atoms with van der Waals surface area (Å²) in [6.07, 6.45) is 2.45. The first-order valence-electron chi connectivity index (χ1n) is 5.20. The summed E-state index contributed by atoms with van der Waals surface area (Å²) < 4.78 is 1.06. The van der Waals surface area contributed by atoms with E-state index in [0.29, 0.717) is 5.82 Å². The molecule has 0 saturated carbocycles. The third-order valence-corrected chi connectivity index (χ3v) is 3.16. The van der Waals surface area contributed by atoms with E-state index in [4.69, 9.17) is 11.6 Å². The van der Waals surface area contributed by atoms with Gasteiger partial charge in [-0.3, -0.25) is 16.4 Å². The number of hydrazine groups is 1. The van der Waals surface area contributed by atoms with Gasteiger partial charge in [-0.2, -0.15) is 5.10 Å². The number of aromatic amines is 1. The van der Waals surface area contributed by atoms with Crippen molar-refractivity contribution in [1.29, 1.82) is 0 Å². The maximum atomic E-state index is 5.77. The number of nitrogen functional groups attached to an aromatic ring is 1. The standard InChI is InChI=1S/C11H14BrN5/c12-8-3-1-7(2-4-8)5-10(16-14)9-6-15-17-11(9)13/h1-4,6,10,16H,5,14H2,(H3,13,15,17). The SMILES string of the molecule is NNC(Cc1ccc(Br)cc1)c1cn[nH]c1N. The summed E-state index contributed by atoms with van der Waals surface area (Å²) in [4.78, 5) is 0. The molecule has 17 heavy (non-hydrogen) atoms. The molecule has 6 N–H and O–H groups in total. The minimum Gasteiger partial charge on any atom is -0.384 e. The Balaban J connectivity index is 2.16. The van der Waals surface area contributed by atoms with E-state index < -0.39 is 0 Å². The van der Waals surface area contributed by atoms with Crippen LogP contribution in [0.2, 0.25) is 0 Å². The molecule has 90 valence electrons. The minimum absolute atomic E-state index is 0.0464. The lowest BCUT2D eigenvalue weighted by atomic mass is 10.0. The molecule has 0 aliphatic carbocycles. The van der Waals surface area contributed by atoms with Crippen LogP contribution in [0.15, 0.2) is 34.9 Å². The topological polar surface area (TPSA) is 92.7 Å². The Morgan fingerprint density at radius 3 is 2.59 bits per heavy atom.